The number of nitrogens with one attached hydrogen (secondary N) is 1. The van der Waals surface area contributed by atoms with Gasteiger partial charge in [0.25, 0.3) is 0 Å². The number of hydrogen-bond acceptors (Lipinski definition) is 3. The van der Waals surface area contributed by atoms with Gasteiger partial charge < -0.3 is 10.1 Å². The highest BCUT2D eigenvalue weighted by Gasteiger charge is 2.09. The van der Waals surface area contributed by atoms with Crippen LogP contribution in [0, 0.1) is 13.8 Å². The molecule has 0 unspecified atom stereocenters. The van der Waals surface area contributed by atoms with Crippen LogP contribution in [0.1, 0.15) is 24.7 Å². The zero-order chi connectivity index (χ0) is 11.3. The Labute approximate surface area is 91.6 Å². The predicted molar refractivity (Wildman–Crippen MR) is 61.3 cm³/mol. The lowest BCUT2D eigenvalue weighted by atomic mass is 10.3. The molecule has 0 amide bonds. The third-order valence-electron chi connectivity index (χ3n) is 2.44. The summed E-state index contributed by atoms with van der Waals surface area (Å²) in [6, 6.07) is 0. The van der Waals surface area contributed by atoms with Crippen molar-refractivity contribution in [1.82, 2.24) is 15.1 Å². The van der Waals surface area contributed by atoms with E-state index in [2.05, 4.69) is 17.3 Å². The Bertz CT molecular complexity index is 307. The Kier molecular flexibility index (Phi) is 4.62. The summed E-state index contributed by atoms with van der Waals surface area (Å²) < 4.78 is 7.57. The zero-order valence-corrected chi connectivity index (χ0v) is 10.1. The molecule has 0 spiro atoms. The highest BCUT2D eigenvalue weighted by atomic mass is 16.5. The van der Waals surface area contributed by atoms with Crippen LogP contribution < -0.4 is 10.1 Å². The van der Waals surface area contributed by atoms with Crippen molar-refractivity contribution in [2.75, 3.05) is 19.7 Å². The van der Waals surface area contributed by atoms with Crippen molar-refractivity contribution in [3.63, 3.8) is 0 Å². The molecule has 0 aromatic carbocycles. The van der Waals surface area contributed by atoms with E-state index in [1.165, 1.54) is 0 Å². The number of aromatic nitrogens is 2. The van der Waals surface area contributed by atoms with Crippen LogP contribution in [0.5, 0.6) is 5.75 Å². The molecule has 0 saturated heterocycles. The first kappa shape index (κ1) is 12.0. The molecule has 0 fully saturated rings. The molecule has 1 heterocycles. The van der Waals surface area contributed by atoms with Crippen LogP contribution in [0.15, 0.2) is 0 Å². The van der Waals surface area contributed by atoms with Gasteiger partial charge in [-0.05, 0) is 33.4 Å². The molecule has 0 bridgehead atoms. The Morgan fingerprint density at radius 2 is 2.13 bits per heavy atom. The molecule has 4 nitrogen and oxygen atoms in total. The van der Waals surface area contributed by atoms with Gasteiger partial charge in [-0.2, -0.15) is 5.10 Å². The third kappa shape index (κ3) is 3.23. The second kappa shape index (κ2) is 5.75. The van der Waals surface area contributed by atoms with Gasteiger partial charge in [0.15, 0.2) is 5.75 Å². The number of aryl methyl sites for hydroxylation is 2. The minimum Gasteiger partial charge on any atom is -0.490 e. The number of nitrogens with zero attached hydrogens (tertiary/aromatic N) is 2. The monoisotopic (exact) mass is 211 g/mol. The maximum atomic E-state index is 5.71. The molecule has 1 aromatic heterocycles. The first-order chi connectivity index (χ1) is 7.16. The first-order valence-electron chi connectivity index (χ1n) is 5.50. The average Bonchev–Trinajstić information content (AvgIpc) is 2.44. The van der Waals surface area contributed by atoms with E-state index < -0.39 is 0 Å². The molecule has 15 heavy (non-hydrogen) atoms. The standard InChI is InChI=1S/C11H21N3O/c1-5-12-7-6-8-15-11-9(2)13-14(4)10(11)3/h12H,5-8H2,1-4H3. The molecule has 1 aromatic rings. The van der Waals surface area contributed by atoms with Gasteiger partial charge in [-0.25, -0.2) is 0 Å². The number of hydrogen-bond donors (Lipinski definition) is 1. The molecule has 0 atom stereocenters. The van der Waals surface area contributed by atoms with E-state index in [9.17, 15) is 0 Å². The lowest BCUT2D eigenvalue weighted by molar-refractivity contribution is 0.304. The van der Waals surface area contributed by atoms with E-state index in [1.807, 2.05) is 25.6 Å². The summed E-state index contributed by atoms with van der Waals surface area (Å²) in [4.78, 5) is 0. The number of rotatable bonds is 6. The SMILES string of the molecule is CCNCCCOc1c(C)nn(C)c1C. The van der Waals surface area contributed by atoms with Gasteiger partial charge in [-0.3, -0.25) is 4.68 Å². The Morgan fingerprint density at radius 3 is 2.67 bits per heavy atom. The van der Waals surface area contributed by atoms with Crippen molar-refractivity contribution in [3.05, 3.63) is 11.4 Å². The summed E-state index contributed by atoms with van der Waals surface area (Å²) in [6.45, 7) is 8.89. The molecule has 0 aliphatic carbocycles. The van der Waals surface area contributed by atoms with Crippen molar-refractivity contribution in [1.29, 1.82) is 0 Å². The van der Waals surface area contributed by atoms with Crippen LogP contribution in [-0.2, 0) is 7.05 Å². The lowest BCUT2D eigenvalue weighted by Crippen LogP contribution is -2.16. The van der Waals surface area contributed by atoms with Gasteiger partial charge in [0.1, 0.15) is 5.69 Å². The Hall–Kier alpha value is -1.03. The molecule has 0 aliphatic rings. The summed E-state index contributed by atoms with van der Waals surface area (Å²) in [6.07, 6.45) is 1.03. The largest absolute Gasteiger partial charge is 0.490 e. The van der Waals surface area contributed by atoms with Gasteiger partial charge >= 0.3 is 0 Å². The summed E-state index contributed by atoms with van der Waals surface area (Å²) >= 11 is 0. The van der Waals surface area contributed by atoms with Gasteiger partial charge in [0, 0.05) is 7.05 Å². The fraction of sp³-hybridized carbons (Fsp3) is 0.727. The second-order valence-corrected chi connectivity index (χ2v) is 3.68. The molecule has 1 N–H and O–H groups in total. The molecule has 1 rings (SSSR count). The highest BCUT2D eigenvalue weighted by molar-refractivity contribution is 5.31. The molecule has 4 heteroatoms. The van der Waals surface area contributed by atoms with E-state index in [-0.39, 0.29) is 0 Å². The number of ether oxygens (including phenoxy) is 1. The van der Waals surface area contributed by atoms with Crippen LogP contribution in [0.3, 0.4) is 0 Å². The van der Waals surface area contributed by atoms with Crippen molar-refractivity contribution >= 4 is 0 Å². The molecular formula is C11H21N3O. The molecule has 0 radical (unpaired) electrons. The minimum atomic E-state index is 0.750. The maximum absolute atomic E-state index is 5.71. The second-order valence-electron chi connectivity index (χ2n) is 3.68. The van der Waals surface area contributed by atoms with Crippen molar-refractivity contribution in [3.8, 4) is 5.75 Å². The minimum absolute atomic E-state index is 0.750. The van der Waals surface area contributed by atoms with Crippen LogP contribution in [0.4, 0.5) is 0 Å². The van der Waals surface area contributed by atoms with Crippen molar-refractivity contribution in [2.45, 2.75) is 27.2 Å². The molecule has 0 aliphatic heterocycles. The van der Waals surface area contributed by atoms with E-state index >= 15 is 0 Å². The zero-order valence-electron chi connectivity index (χ0n) is 10.1. The van der Waals surface area contributed by atoms with Crippen LogP contribution in [0.25, 0.3) is 0 Å². The summed E-state index contributed by atoms with van der Waals surface area (Å²) in [5.41, 5.74) is 2.06. The summed E-state index contributed by atoms with van der Waals surface area (Å²) in [5, 5.41) is 7.57. The average molecular weight is 211 g/mol. The van der Waals surface area contributed by atoms with Crippen LogP contribution in [0.2, 0.25) is 0 Å². The van der Waals surface area contributed by atoms with Gasteiger partial charge in [0.05, 0.1) is 12.3 Å². The Morgan fingerprint density at radius 1 is 1.40 bits per heavy atom. The highest BCUT2D eigenvalue weighted by Crippen LogP contribution is 2.21. The topological polar surface area (TPSA) is 39.1 Å². The summed E-state index contributed by atoms with van der Waals surface area (Å²) in [5.74, 6) is 0.939. The normalized spacial score (nSPS) is 10.7. The van der Waals surface area contributed by atoms with Gasteiger partial charge in [0.2, 0.25) is 0 Å². The van der Waals surface area contributed by atoms with Crippen molar-refractivity contribution < 1.29 is 4.74 Å². The smallest absolute Gasteiger partial charge is 0.162 e. The molecular weight excluding hydrogens is 190 g/mol. The Balaban J connectivity index is 2.37. The van der Waals surface area contributed by atoms with Crippen molar-refractivity contribution in [2.24, 2.45) is 7.05 Å². The lowest BCUT2D eigenvalue weighted by Gasteiger charge is -2.06. The quantitative estimate of drug-likeness (QED) is 0.723. The summed E-state index contributed by atoms with van der Waals surface area (Å²) in [7, 11) is 1.94. The predicted octanol–water partition coefficient (Wildman–Crippen LogP) is 1.42. The third-order valence-corrected chi connectivity index (χ3v) is 2.44. The molecule has 0 saturated carbocycles. The van der Waals surface area contributed by atoms with E-state index in [1.54, 1.807) is 0 Å². The van der Waals surface area contributed by atoms with E-state index in [0.717, 1.165) is 43.3 Å². The fourth-order valence-corrected chi connectivity index (χ4v) is 1.51. The van der Waals surface area contributed by atoms with Gasteiger partial charge in [-0.1, -0.05) is 6.92 Å². The van der Waals surface area contributed by atoms with Crippen LogP contribution >= 0.6 is 0 Å². The first-order valence-corrected chi connectivity index (χ1v) is 5.50. The maximum Gasteiger partial charge on any atom is 0.162 e. The van der Waals surface area contributed by atoms with E-state index in [0.29, 0.717) is 0 Å². The molecule has 86 valence electrons. The van der Waals surface area contributed by atoms with Gasteiger partial charge in [-0.15, -0.1) is 0 Å². The van der Waals surface area contributed by atoms with Crippen LogP contribution in [-0.4, -0.2) is 29.5 Å². The van der Waals surface area contributed by atoms with E-state index in [4.69, 9.17) is 4.74 Å². The fourth-order valence-electron chi connectivity index (χ4n) is 1.51.